The Bertz CT molecular complexity index is 752. The number of nitrogens with one attached hydrogen (secondary N) is 1. The lowest BCUT2D eigenvalue weighted by molar-refractivity contribution is -0.122. The van der Waals surface area contributed by atoms with Gasteiger partial charge in [0.25, 0.3) is 0 Å². The van der Waals surface area contributed by atoms with Crippen molar-refractivity contribution in [3.05, 3.63) is 48.0 Å². The maximum Gasteiger partial charge on any atom is 0.228 e. The average Bonchev–Trinajstić information content (AvgIpc) is 2.76. The number of aromatic nitrogens is 2. The fraction of sp³-hybridized carbons (Fsp3) is 0.500. The highest BCUT2D eigenvalue weighted by Crippen LogP contribution is 2.25. The van der Waals surface area contributed by atoms with Crippen molar-refractivity contribution < 1.29 is 9.53 Å². The monoisotopic (exact) mass is 380 g/mol. The minimum atomic E-state index is 0.0128. The summed E-state index contributed by atoms with van der Waals surface area (Å²) in [6.07, 6.45) is 5.03. The van der Waals surface area contributed by atoms with Crippen LogP contribution in [0, 0.1) is 11.8 Å². The molecule has 6 nitrogen and oxygen atoms in total. The fourth-order valence-electron chi connectivity index (χ4n) is 4.06. The molecule has 148 valence electrons. The van der Waals surface area contributed by atoms with Crippen molar-refractivity contribution >= 4 is 17.5 Å². The third kappa shape index (κ3) is 4.87. The molecular formula is C22H28N4O2. The summed E-state index contributed by atoms with van der Waals surface area (Å²) in [5.41, 5.74) is 1.42. The van der Waals surface area contributed by atoms with Crippen molar-refractivity contribution in [2.45, 2.75) is 32.1 Å². The standard InChI is InChI=1S/C22H28N4O2/c27-22(19-10-14-28-15-11-19)23-20-6-7-21(25-24-20)26-12-8-18(9-13-26)16-17-4-2-1-3-5-17/h1-7,18-19H,8-16H2,(H,23,24,27). The van der Waals surface area contributed by atoms with Gasteiger partial charge in [-0.3, -0.25) is 4.79 Å². The number of hydrogen-bond donors (Lipinski definition) is 1. The molecule has 2 aliphatic rings. The van der Waals surface area contributed by atoms with Crippen molar-refractivity contribution in [3.8, 4) is 0 Å². The van der Waals surface area contributed by atoms with Gasteiger partial charge in [0.05, 0.1) is 0 Å². The summed E-state index contributed by atoms with van der Waals surface area (Å²) < 4.78 is 5.31. The number of carbonyl (C=O) groups is 1. The molecule has 3 heterocycles. The third-order valence-electron chi connectivity index (χ3n) is 5.80. The van der Waals surface area contributed by atoms with Crippen LogP contribution >= 0.6 is 0 Å². The topological polar surface area (TPSA) is 67.4 Å². The van der Waals surface area contributed by atoms with Gasteiger partial charge in [-0.25, -0.2) is 0 Å². The Morgan fingerprint density at radius 2 is 1.75 bits per heavy atom. The van der Waals surface area contributed by atoms with E-state index >= 15 is 0 Å². The summed E-state index contributed by atoms with van der Waals surface area (Å²) >= 11 is 0. The van der Waals surface area contributed by atoms with Crippen molar-refractivity contribution in [1.82, 2.24) is 10.2 Å². The van der Waals surface area contributed by atoms with Crippen molar-refractivity contribution in [2.75, 3.05) is 36.5 Å². The van der Waals surface area contributed by atoms with Crippen LogP contribution in [0.5, 0.6) is 0 Å². The number of amides is 1. The normalized spacial score (nSPS) is 18.8. The van der Waals surface area contributed by atoms with Crippen LogP contribution in [-0.2, 0) is 16.0 Å². The second-order valence-electron chi connectivity index (χ2n) is 7.77. The molecule has 4 rings (SSSR count). The molecular weight excluding hydrogens is 352 g/mol. The van der Waals surface area contributed by atoms with E-state index in [1.807, 2.05) is 12.1 Å². The second-order valence-corrected chi connectivity index (χ2v) is 7.77. The van der Waals surface area contributed by atoms with Gasteiger partial charge in [0.1, 0.15) is 0 Å². The number of hydrogen-bond acceptors (Lipinski definition) is 5. The molecule has 1 amide bonds. The Labute approximate surface area is 166 Å². The van der Waals surface area contributed by atoms with E-state index in [2.05, 4.69) is 50.7 Å². The van der Waals surface area contributed by atoms with E-state index in [-0.39, 0.29) is 11.8 Å². The van der Waals surface area contributed by atoms with E-state index in [9.17, 15) is 4.79 Å². The van der Waals surface area contributed by atoms with Gasteiger partial charge in [0.15, 0.2) is 11.6 Å². The first-order chi connectivity index (χ1) is 13.8. The predicted octanol–water partition coefficient (Wildman–Crippen LogP) is 3.30. The molecule has 1 aromatic carbocycles. The van der Waals surface area contributed by atoms with E-state index in [4.69, 9.17) is 4.74 Å². The van der Waals surface area contributed by atoms with Crippen LogP contribution in [0.3, 0.4) is 0 Å². The lowest BCUT2D eigenvalue weighted by Gasteiger charge is -2.32. The zero-order valence-corrected chi connectivity index (χ0v) is 16.2. The molecule has 1 N–H and O–H groups in total. The van der Waals surface area contributed by atoms with Gasteiger partial charge in [-0.05, 0) is 55.7 Å². The number of nitrogens with zero attached hydrogens (tertiary/aromatic N) is 3. The quantitative estimate of drug-likeness (QED) is 0.862. The molecule has 0 bridgehead atoms. The highest BCUT2D eigenvalue weighted by atomic mass is 16.5. The Morgan fingerprint density at radius 3 is 2.43 bits per heavy atom. The number of ether oxygens (including phenoxy) is 1. The Morgan fingerprint density at radius 1 is 1.00 bits per heavy atom. The van der Waals surface area contributed by atoms with Crippen molar-refractivity contribution in [3.63, 3.8) is 0 Å². The van der Waals surface area contributed by atoms with Crippen LogP contribution in [0.2, 0.25) is 0 Å². The van der Waals surface area contributed by atoms with Crippen LogP contribution in [0.1, 0.15) is 31.2 Å². The minimum absolute atomic E-state index is 0.0128. The lowest BCUT2D eigenvalue weighted by Crippen LogP contribution is -2.35. The van der Waals surface area contributed by atoms with Gasteiger partial charge in [0.2, 0.25) is 5.91 Å². The van der Waals surface area contributed by atoms with Crippen molar-refractivity contribution in [2.24, 2.45) is 11.8 Å². The van der Waals surface area contributed by atoms with Gasteiger partial charge < -0.3 is 15.0 Å². The number of rotatable bonds is 5. The van der Waals surface area contributed by atoms with Gasteiger partial charge in [-0.2, -0.15) is 0 Å². The molecule has 0 spiro atoms. The maximum absolute atomic E-state index is 12.3. The van der Waals surface area contributed by atoms with Gasteiger partial charge >= 0.3 is 0 Å². The van der Waals surface area contributed by atoms with E-state index in [0.717, 1.165) is 44.1 Å². The molecule has 2 aliphatic heterocycles. The number of carbonyl (C=O) groups excluding carboxylic acids is 1. The highest BCUT2D eigenvalue weighted by Gasteiger charge is 2.23. The maximum atomic E-state index is 12.3. The van der Waals surface area contributed by atoms with E-state index in [1.165, 1.54) is 18.4 Å². The Balaban J connectivity index is 1.27. The van der Waals surface area contributed by atoms with E-state index in [0.29, 0.717) is 19.0 Å². The highest BCUT2D eigenvalue weighted by molar-refractivity contribution is 5.91. The van der Waals surface area contributed by atoms with Crippen LogP contribution in [0.25, 0.3) is 0 Å². The van der Waals surface area contributed by atoms with E-state index < -0.39 is 0 Å². The number of piperidine rings is 1. The molecule has 2 fully saturated rings. The zero-order chi connectivity index (χ0) is 19.2. The molecule has 28 heavy (non-hydrogen) atoms. The molecule has 1 aromatic heterocycles. The van der Waals surface area contributed by atoms with E-state index in [1.54, 1.807) is 0 Å². The zero-order valence-electron chi connectivity index (χ0n) is 16.2. The van der Waals surface area contributed by atoms with Crippen molar-refractivity contribution in [1.29, 1.82) is 0 Å². The number of anilines is 2. The average molecular weight is 380 g/mol. The summed E-state index contributed by atoms with van der Waals surface area (Å²) in [5, 5.41) is 11.5. The Kier molecular flexibility index (Phi) is 6.17. The summed E-state index contributed by atoms with van der Waals surface area (Å²) in [4.78, 5) is 14.6. The minimum Gasteiger partial charge on any atom is -0.381 e. The second kappa shape index (κ2) is 9.15. The summed E-state index contributed by atoms with van der Waals surface area (Å²) in [5.74, 6) is 2.18. The van der Waals surface area contributed by atoms with Crippen LogP contribution < -0.4 is 10.2 Å². The summed E-state index contributed by atoms with van der Waals surface area (Å²) in [6.45, 7) is 3.31. The van der Waals surface area contributed by atoms with Gasteiger partial charge in [-0.15, -0.1) is 10.2 Å². The molecule has 0 unspecified atom stereocenters. The molecule has 0 saturated carbocycles. The van der Waals surface area contributed by atoms with Gasteiger partial charge in [0, 0.05) is 32.2 Å². The summed E-state index contributed by atoms with van der Waals surface area (Å²) in [7, 11) is 0. The predicted molar refractivity (Wildman–Crippen MR) is 109 cm³/mol. The molecule has 0 aliphatic carbocycles. The molecule has 0 atom stereocenters. The third-order valence-corrected chi connectivity index (χ3v) is 5.80. The SMILES string of the molecule is O=C(Nc1ccc(N2CCC(Cc3ccccc3)CC2)nn1)C1CCOCC1. The molecule has 2 saturated heterocycles. The smallest absolute Gasteiger partial charge is 0.228 e. The van der Waals surface area contributed by atoms with Crippen LogP contribution in [-0.4, -0.2) is 42.4 Å². The molecule has 6 heteroatoms. The summed E-state index contributed by atoms with van der Waals surface area (Å²) in [6, 6.07) is 14.5. The largest absolute Gasteiger partial charge is 0.381 e. The van der Waals surface area contributed by atoms with Crippen LogP contribution in [0.15, 0.2) is 42.5 Å². The first kappa shape index (κ1) is 18.9. The van der Waals surface area contributed by atoms with Gasteiger partial charge in [-0.1, -0.05) is 30.3 Å². The lowest BCUT2D eigenvalue weighted by atomic mass is 9.90. The first-order valence-corrected chi connectivity index (χ1v) is 10.3. The molecule has 2 aromatic rings. The Hall–Kier alpha value is -2.47. The first-order valence-electron chi connectivity index (χ1n) is 10.3. The molecule has 0 radical (unpaired) electrons. The number of benzene rings is 1. The van der Waals surface area contributed by atoms with Crippen LogP contribution in [0.4, 0.5) is 11.6 Å². The fourth-order valence-corrected chi connectivity index (χ4v) is 4.06.